The predicted octanol–water partition coefficient (Wildman–Crippen LogP) is 3.23. The van der Waals surface area contributed by atoms with Crippen molar-refractivity contribution in [3.05, 3.63) is 42.5 Å². The minimum Gasteiger partial charge on any atom is -0.508 e. The van der Waals surface area contributed by atoms with Gasteiger partial charge in [-0.05, 0) is 32.3 Å². The normalized spacial score (nSPS) is 12.3. The molecule has 0 saturated heterocycles. The quantitative estimate of drug-likeness (QED) is 0.545. The molecule has 2 heteroatoms. The number of benzene rings is 1. The molecule has 1 aromatic carbocycles. The molecule has 1 unspecified atom stereocenters. The summed E-state index contributed by atoms with van der Waals surface area (Å²) in [5, 5.41) is 13.0. The van der Waals surface area contributed by atoms with Gasteiger partial charge in [0.1, 0.15) is 5.75 Å². The Morgan fingerprint density at radius 3 is 2.88 bits per heavy atom. The lowest BCUT2D eigenvalue weighted by Crippen LogP contribution is -2.25. The van der Waals surface area contributed by atoms with E-state index in [4.69, 9.17) is 0 Å². The molecule has 0 aliphatic carbocycles. The second-order valence-corrected chi connectivity index (χ2v) is 4.13. The molecule has 0 fully saturated rings. The van der Waals surface area contributed by atoms with Crippen LogP contribution < -0.4 is 5.32 Å². The second-order valence-electron chi connectivity index (χ2n) is 4.13. The van der Waals surface area contributed by atoms with Crippen molar-refractivity contribution in [2.24, 2.45) is 0 Å². The van der Waals surface area contributed by atoms with Gasteiger partial charge >= 0.3 is 0 Å². The minimum atomic E-state index is 0.369. The van der Waals surface area contributed by atoms with E-state index in [0.717, 1.165) is 24.9 Å². The number of allylic oxidation sites excluding steroid dienone is 1. The Balaban J connectivity index is 2.28. The average molecular weight is 219 g/mol. The number of aromatic hydroxyl groups is 1. The fourth-order valence-corrected chi connectivity index (χ4v) is 1.61. The van der Waals surface area contributed by atoms with Crippen LogP contribution in [0.5, 0.6) is 5.75 Å². The highest BCUT2D eigenvalue weighted by atomic mass is 16.3. The molecular weight excluding hydrogens is 198 g/mol. The third-order valence-electron chi connectivity index (χ3n) is 2.68. The molecule has 0 heterocycles. The highest BCUT2D eigenvalue weighted by molar-refractivity contribution is 5.31. The first-order valence-corrected chi connectivity index (χ1v) is 5.85. The predicted molar refractivity (Wildman–Crippen MR) is 68.5 cm³/mol. The van der Waals surface area contributed by atoms with Gasteiger partial charge in [0.15, 0.2) is 0 Å². The molecule has 2 nitrogen and oxygen atoms in total. The Kier molecular flexibility index (Phi) is 5.65. The van der Waals surface area contributed by atoms with Gasteiger partial charge in [0.25, 0.3) is 0 Å². The lowest BCUT2D eigenvalue weighted by atomic mass is 10.1. The Morgan fingerprint density at radius 1 is 1.44 bits per heavy atom. The van der Waals surface area contributed by atoms with Crippen LogP contribution in [0.1, 0.15) is 31.7 Å². The van der Waals surface area contributed by atoms with Gasteiger partial charge in [-0.25, -0.2) is 0 Å². The van der Waals surface area contributed by atoms with Gasteiger partial charge in [-0.1, -0.05) is 24.3 Å². The molecule has 0 spiro atoms. The highest BCUT2D eigenvalue weighted by Gasteiger charge is 2.03. The maximum Gasteiger partial charge on any atom is 0.120 e. The van der Waals surface area contributed by atoms with Crippen LogP contribution in [0.3, 0.4) is 0 Å². The number of phenols is 1. The molecule has 1 rings (SSSR count). The maximum absolute atomic E-state index is 9.58. The SMILES string of the molecule is C=CCCCC(C)NCc1ccccc1O. The van der Waals surface area contributed by atoms with Gasteiger partial charge in [0, 0.05) is 18.2 Å². The summed E-state index contributed by atoms with van der Waals surface area (Å²) in [6.07, 6.45) is 5.33. The molecule has 1 aromatic rings. The van der Waals surface area contributed by atoms with Crippen molar-refractivity contribution in [3.8, 4) is 5.75 Å². The van der Waals surface area contributed by atoms with Crippen molar-refractivity contribution in [2.45, 2.75) is 38.8 Å². The number of hydrogen-bond donors (Lipinski definition) is 2. The van der Waals surface area contributed by atoms with Crippen molar-refractivity contribution in [2.75, 3.05) is 0 Å². The van der Waals surface area contributed by atoms with Gasteiger partial charge < -0.3 is 10.4 Å². The Labute approximate surface area is 98.0 Å². The third kappa shape index (κ3) is 4.49. The van der Waals surface area contributed by atoms with Gasteiger partial charge in [-0.3, -0.25) is 0 Å². The summed E-state index contributed by atoms with van der Waals surface area (Å²) in [4.78, 5) is 0. The average Bonchev–Trinajstić information content (AvgIpc) is 2.28. The van der Waals surface area contributed by atoms with Crippen LogP contribution in [0.25, 0.3) is 0 Å². The first-order chi connectivity index (χ1) is 7.74. The van der Waals surface area contributed by atoms with E-state index in [2.05, 4.69) is 18.8 Å². The molecule has 0 saturated carbocycles. The topological polar surface area (TPSA) is 32.3 Å². The number of para-hydroxylation sites is 1. The lowest BCUT2D eigenvalue weighted by Gasteiger charge is -2.13. The van der Waals surface area contributed by atoms with Gasteiger partial charge in [-0.15, -0.1) is 6.58 Å². The fraction of sp³-hybridized carbons (Fsp3) is 0.429. The molecule has 0 radical (unpaired) electrons. The first kappa shape index (κ1) is 12.8. The lowest BCUT2D eigenvalue weighted by molar-refractivity contribution is 0.453. The molecular formula is C14H21NO. The standard InChI is InChI=1S/C14H21NO/c1-3-4-5-8-12(2)15-11-13-9-6-7-10-14(13)16/h3,6-7,9-10,12,15-16H,1,4-5,8,11H2,2H3. The van der Waals surface area contributed by atoms with E-state index < -0.39 is 0 Å². The number of rotatable bonds is 7. The summed E-state index contributed by atoms with van der Waals surface area (Å²) in [6.45, 7) is 6.60. The smallest absolute Gasteiger partial charge is 0.120 e. The summed E-state index contributed by atoms with van der Waals surface area (Å²) in [6, 6.07) is 7.92. The third-order valence-corrected chi connectivity index (χ3v) is 2.68. The summed E-state index contributed by atoms with van der Waals surface area (Å²) >= 11 is 0. The van der Waals surface area contributed by atoms with E-state index in [1.807, 2.05) is 24.3 Å². The Hall–Kier alpha value is -1.28. The molecule has 88 valence electrons. The molecule has 0 aliphatic rings. The largest absolute Gasteiger partial charge is 0.508 e. The summed E-state index contributed by atoms with van der Waals surface area (Å²) in [5.74, 6) is 0.369. The molecule has 0 aliphatic heterocycles. The maximum atomic E-state index is 9.58. The zero-order valence-corrected chi connectivity index (χ0v) is 9.95. The van der Waals surface area contributed by atoms with Crippen molar-refractivity contribution in [1.82, 2.24) is 5.32 Å². The molecule has 2 N–H and O–H groups in total. The Morgan fingerprint density at radius 2 is 2.19 bits per heavy atom. The van der Waals surface area contributed by atoms with Crippen molar-refractivity contribution in [1.29, 1.82) is 0 Å². The van der Waals surface area contributed by atoms with E-state index in [9.17, 15) is 5.11 Å². The van der Waals surface area contributed by atoms with Crippen LogP contribution in [0.4, 0.5) is 0 Å². The molecule has 0 bridgehead atoms. The zero-order valence-electron chi connectivity index (χ0n) is 9.95. The molecule has 16 heavy (non-hydrogen) atoms. The van der Waals surface area contributed by atoms with Crippen molar-refractivity contribution < 1.29 is 5.11 Å². The number of unbranched alkanes of at least 4 members (excludes halogenated alkanes) is 1. The number of phenolic OH excluding ortho intramolecular Hbond substituents is 1. The van der Waals surface area contributed by atoms with E-state index in [1.54, 1.807) is 6.07 Å². The van der Waals surface area contributed by atoms with E-state index in [1.165, 1.54) is 6.42 Å². The molecule has 0 amide bonds. The molecule has 1 atom stereocenters. The van der Waals surface area contributed by atoms with Crippen LogP contribution in [0.2, 0.25) is 0 Å². The van der Waals surface area contributed by atoms with Gasteiger partial charge in [0.05, 0.1) is 0 Å². The number of nitrogens with one attached hydrogen (secondary N) is 1. The summed E-state index contributed by atoms with van der Waals surface area (Å²) < 4.78 is 0. The van der Waals surface area contributed by atoms with Crippen molar-refractivity contribution in [3.63, 3.8) is 0 Å². The number of hydrogen-bond acceptors (Lipinski definition) is 2. The first-order valence-electron chi connectivity index (χ1n) is 5.85. The van der Waals surface area contributed by atoms with Gasteiger partial charge in [0.2, 0.25) is 0 Å². The monoisotopic (exact) mass is 219 g/mol. The highest BCUT2D eigenvalue weighted by Crippen LogP contribution is 2.15. The van der Waals surface area contributed by atoms with Crippen LogP contribution in [-0.2, 0) is 6.54 Å². The van der Waals surface area contributed by atoms with Crippen LogP contribution >= 0.6 is 0 Å². The van der Waals surface area contributed by atoms with Crippen LogP contribution in [-0.4, -0.2) is 11.1 Å². The summed E-state index contributed by atoms with van der Waals surface area (Å²) in [5.41, 5.74) is 0.957. The molecule has 0 aromatic heterocycles. The van der Waals surface area contributed by atoms with Gasteiger partial charge in [-0.2, -0.15) is 0 Å². The van der Waals surface area contributed by atoms with Crippen LogP contribution in [0, 0.1) is 0 Å². The summed E-state index contributed by atoms with van der Waals surface area (Å²) in [7, 11) is 0. The van der Waals surface area contributed by atoms with E-state index >= 15 is 0 Å². The van der Waals surface area contributed by atoms with Crippen LogP contribution in [0.15, 0.2) is 36.9 Å². The second kappa shape index (κ2) is 7.07. The van der Waals surface area contributed by atoms with E-state index in [0.29, 0.717) is 11.8 Å². The van der Waals surface area contributed by atoms with E-state index in [-0.39, 0.29) is 0 Å². The fourth-order valence-electron chi connectivity index (χ4n) is 1.61. The van der Waals surface area contributed by atoms with Crippen molar-refractivity contribution >= 4 is 0 Å². The minimum absolute atomic E-state index is 0.369. The Bertz CT molecular complexity index is 322. The zero-order chi connectivity index (χ0) is 11.8.